The highest BCUT2D eigenvalue weighted by Crippen LogP contribution is 2.21. The zero-order valence-electron chi connectivity index (χ0n) is 14.6. The summed E-state index contributed by atoms with van der Waals surface area (Å²) in [7, 11) is 0. The molecule has 0 aliphatic carbocycles. The van der Waals surface area contributed by atoms with E-state index >= 15 is 0 Å². The number of piperazine rings is 1. The molecule has 138 valence electrons. The molecule has 1 amide bonds. The van der Waals surface area contributed by atoms with Gasteiger partial charge in [-0.15, -0.1) is 0 Å². The Kier molecular flexibility index (Phi) is 6.68. The molecule has 0 N–H and O–H groups in total. The largest absolute Gasteiger partial charge is 0.381 e. The van der Waals surface area contributed by atoms with E-state index in [-0.39, 0.29) is 10.9 Å². The van der Waals surface area contributed by atoms with Gasteiger partial charge in [0.2, 0.25) is 0 Å². The molecule has 1 aromatic carbocycles. The lowest BCUT2D eigenvalue weighted by atomic mass is 9.95. The summed E-state index contributed by atoms with van der Waals surface area (Å²) in [6.07, 6.45) is 4.87. The lowest BCUT2D eigenvalue weighted by Crippen LogP contribution is -2.48. The second kappa shape index (κ2) is 8.97. The standard InChI is InChI=1S/C19H26ClFN2O2/c20-18-14-16(21)3-4-17(18)19(24)23-10-8-22(9-11-23)7-1-2-15-5-12-25-13-6-15/h3-4,14-15H,1-2,5-13H2. The van der Waals surface area contributed by atoms with Gasteiger partial charge in [0.15, 0.2) is 0 Å². The summed E-state index contributed by atoms with van der Waals surface area (Å²) in [5.41, 5.74) is 0.385. The fourth-order valence-corrected chi connectivity index (χ4v) is 3.89. The highest BCUT2D eigenvalue weighted by molar-refractivity contribution is 6.33. The van der Waals surface area contributed by atoms with Crippen molar-refractivity contribution in [2.75, 3.05) is 45.9 Å². The molecular weight excluding hydrogens is 343 g/mol. The molecule has 2 heterocycles. The monoisotopic (exact) mass is 368 g/mol. The van der Waals surface area contributed by atoms with E-state index in [2.05, 4.69) is 4.90 Å². The third kappa shape index (κ3) is 5.16. The normalized spacial score (nSPS) is 20.0. The summed E-state index contributed by atoms with van der Waals surface area (Å²) in [5, 5.41) is 0.184. The van der Waals surface area contributed by atoms with Gasteiger partial charge in [0.05, 0.1) is 10.6 Å². The number of hydrogen-bond acceptors (Lipinski definition) is 3. The number of hydrogen-bond donors (Lipinski definition) is 0. The van der Waals surface area contributed by atoms with Gasteiger partial charge < -0.3 is 9.64 Å². The van der Waals surface area contributed by atoms with Crippen molar-refractivity contribution in [1.82, 2.24) is 9.80 Å². The van der Waals surface area contributed by atoms with Crippen LogP contribution in [0.3, 0.4) is 0 Å². The molecule has 1 aromatic rings. The third-order valence-electron chi connectivity index (χ3n) is 5.25. The van der Waals surface area contributed by atoms with Gasteiger partial charge in [0, 0.05) is 39.4 Å². The number of nitrogens with zero attached hydrogens (tertiary/aromatic N) is 2. The van der Waals surface area contributed by atoms with Gasteiger partial charge in [0.25, 0.3) is 5.91 Å². The molecule has 3 rings (SSSR count). The van der Waals surface area contributed by atoms with Crippen LogP contribution in [0.1, 0.15) is 36.0 Å². The van der Waals surface area contributed by atoms with Crippen LogP contribution in [-0.4, -0.2) is 61.6 Å². The maximum atomic E-state index is 13.1. The minimum atomic E-state index is -0.420. The number of carbonyl (C=O) groups is 1. The fraction of sp³-hybridized carbons (Fsp3) is 0.632. The Labute approximate surface area is 153 Å². The molecule has 0 radical (unpaired) electrons. The van der Waals surface area contributed by atoms with Crippen LogP contribution in [0.5, 0.6) is 0 Å². The summed E-state index contributed by atoms with van der Waals surface area (Å²) in [5.74, 6) is 0.292. The Balaban J connectivity index is 1.41. The molecule has 0 bridgehead atoms. The molecule has 2 saturated heterocycles. The average molecular weight is 369 g/mol. The Morgan fingerprint density at radius 2 is 1.92 bits per heavy atom. The predicted molar refractivity (Wildman–Crippen MR) is 96.5 cm³/mol. The van der Waals surface area contributed by atoms with Gasteiger partial charge >= 0.3 is 0 Å². The summed E-state index contributed by atoms with van der Waals surface area (Å²) < 4.78 is 18.5. The van der Waals surface area contributed by atoms with Crippen molar-refractivity contribution in [3.05, 3.63) is 34.6 Å². The highest BCUT2D eigenvalue weighted by Gasteiger charge is 2.24. The van der Waals surface area contributed by atoms with Crippen LogP contribution in [0, 0.1) is 11.7 Å². The molecule has 2 aliphatic heterocycles. The quantitative estimate of drug-likeness (QED) is 0.798. The van der Waals surface area contributed by atoms with Crippen molar-refractivity contribution >= 4 is 17.5 Å². The fourth-order valence-electron chi connectivity index (χ4n) is 3.65. The minimum absolute atomic E-state index is 0.105. The smallest absolute Gasteiger partial charge is 0.255 e. The van der Waals surface area contributed by atoms with Gasteiger partial charge in [-0.25, -0.2) is 4.39 Å². The van der Waals surface area contributed by atoms with Crippen molar-refractivity contribution in [3.8, 4) is 0 Å². The van der Waals surface area contributed by atoms with E-state index in [1.165, 1.54) is 43.9 Å². The minimum Gasteiger partial charge on any atom is -0.381 e. The molecule has 0 aromatic heterocycles. The molecule has 6 heteroatoms. The topological polar surface area (TPSA) is 32.8 Å². The van der Waals surface area contributed by atoms with E-state index in [9.17, 15) is 9.18 Å². The van der Waals surface area contributed by atoms with Crippen LogP contribution in [-0.2, 0) is 4.74 Å². The SMILES string of the molecule is O=C(c1ccc(F)cc1Cl)N1CCN(CCCC2CCOCC2)CC1. The molecule has 4 nitrogen and oxygen atoms in total. The van der Waals surface area contributed by atoms with Crippen LogP contribution in [0.2, 0.25) is 5.02 Å². The van der Waals surface area contributed by atoms with E-state index in [0.29, 0.717) is 18.7 Å². The summed E-state index contributed by atoms with van der Waals surface area (Å²) in [4.78, 5) is 16.8. The molecule has 0 unspecified atom stereocenters. The average Bonchev–Trinajstić information content (AvgIpc) is 2.63. The maximum absolute atomic E-state index is 13.1. The highest BCUT2D eigenvalue weighted by atomic mass is 35.5. The molecule has 0 saturated carbocycles. The first kappa shape index (κ1) is 18.6. The second-order valence-corrected chi connectivity index (χ2v) is 7.36. The van der Waals surface area contributed by atoms with E-state index in [1.54, 1.807) is 0 Å². The van der Waals surface area contributed by atoms with Crippen LogP contribution < -0.4 is 0 Å². The van der Waals surface area contributed by atoms with Crippen molar-refractivity contribution in [3.63, 3.8) is 0 Å². The number of benzene rings is 1. The van der Waals surface area contributed by atoms with Crippen molar-refractivity contribution in [2.24, 2.45) is 5.92 Å². The van der Waals surface area contributed by atoms with Gasteiger partial charge in [-0.1, -0.05) is 11.6 Å². The lowest BCUT2D eigenvalue weighted by Gasteiger charge is -2.35. The number of rotatable bonds is 5. The van der Waals surface area contributed by atoms with Crippen LogP contribution in [0.4, 0.5) is 4.39 Å². The first-order valence-electron chi connectivity index (χ1n) is 9.18. The Morgan fingerprint density at radius 3 is 2.60 bits per heavy atom. The number of ether oxygens (including phenoxy) is 1. The maximum Gasteiger partial charge on any atom is 0.255 e. The Hall–Kier alpha value is -1.17. The van der Waals surface area contributed by atoms with E-state index in [0.717, 1.165) is 38.8 Å². The third-order valence-corrected chi connectivity index (χ3v) is 5.56. The van der Waals surface area contributed by atoms with E-state index in [4.69, 9.17) is 16.3 Å². The first-order valence-corrected chi connectivity index (χ1v) is 9.55. The van der Waals surface area contributed by atoms with Crippen LogP contribution in [0.15, 0.2) is 18.2 Å². The molecule has 0 spiro atoms. The van der Waals surface area contributed by atoms with Crippen molar-refractivity contribution < 1.29 is 13.9 Å². The number of carbonyl (C=O) groups excluding carboxylic acids is 1. The van der Waals surface area contributed by atoms with Gasteiger partial charge in [0.1, 0.15) is 5.82 Å². The molecule has 2 aliphatic rings. The second-order valence-electron chi connectivity index (χ2n) is 6.96. The summed E-state index contributed by atoms with van der Waals surface area (Å²) >= 11 is 6.01. The molecule has 2 fully saturated rings. The van der Waals surface area contributed by atoms with Crippen LogP contribution >= 0.6 is 11.6 Å². The van der Waals surface area contributed by atoms with E-state index < -0.39 is 5.82 Å². The van der Waals surface area contributed by atoms with E-state index in [1.807, 2.05) is 4.90 Å². The van der Waals surface area contributed by atoms with Crippen LogP contribution in [0.25, 0.3) is 0 Å². The van der Waals surface area contributed by atoms with Crippen molar-refractivity contribution in [2.45, 2.75) is 25.7 Å². The van der Waals surface area contributed by atoms with Gasteiger partial charge in [-0.3, -0.25) is 9.69 Å². The molecule has 25 heavy (non-hydrogen) atoms. The summed E-state index contributed by atoms with van der Waals surface area (Å²) in [6, 6.07) is 3.95. The molecular formula is C19H26ClFN2O2. The predicted octanol–water partition coefficient (Wildman–Crippen LogP) is 3.44. The van der Waals surface area contributed by atoms with Gasteiger partial charge in [-0.05, 0) is 56.3 Å². The van der Waals surface area contributed by atoms with Crippen molar-refractivity contribution in [1.29, 1.82) is 0 Å². The molecule has 0 atom stereocenters. The zero-order chi connectivity index (χ0) is 17.6. The summed E-state index contributed by atoms with van der Waals surface area (Å²) in [6.45, 7) is 6.09. The number of amides is 1. The van der Waals surface area contributed by atoms with Gasteiger partial charge in [-0.2, -0.15) is 0 Å². The number of halogens is 2. The lowest BCUT2D eigenvalue weighted by molar-refractivity contribution is 0.0580. The first-order chi connectivity index (χ1) is 12.1. The Morgan fingerprint density at radius 1 is 1.20 bits per heavy atom. The zero-order valence-corrected chi connectivity index (χ0v) is 15.3. The Bertz CT molecular complexity index is 585.